The fraction of sp³-hybridized carbons (Fsp3) is 0.294. The first-order valence-electron chi connectivity index (χ1n) is 6.43. The molecule has 0 aliphatic carbocycles. The van der Waals surface area contributed by atoms with E-state index < -0.39 is 0 Å². The van der Waals surface area contributed by atoms with Crippen LogP contribution in [0.4, 0.5) is 0 Å². The highest BCUT2D eigenvalue weighted by molar-refractivity contribution is 6.30. The van der Waals surface area contributed by atoms with Crippen LogP contribution in [-0.4, -0.2) is 0 Å². The van der Waals surface area contributed by atoms with Gasteiger partial charge in [-0.15, -0.1) is 0 Å². The maximum absolute atomic E-state index is 5.92. The predicted molar refractivity (Wildman–Crippen MR) is 79.5 cm³/mol. The van der Waals surface area contributed by atoms with E-state index in [2.05, 4.69) is 57.2 Å². The van der Waals surface area contributed by atoms with Crippen LogP contribution in [0, 0.1) is 0 Å². The third-order valence-electron chi connectivity index (χ3n) is 3.47. The Labute approximate surface area is 115 Å². The van der Waals surface area contributed by atoms with E-state index in [4.69, 9.17) is 11.6 Å². The normalized spacial score (nSPS) is 12.7. The van der Waals surface area contributed by atoms with Crippen molar-refractivity contribution in [3.63, 3.8) is 0 Å². The van der Waals surface area contributed by atoms with E-state index in [0.717, 1.165) is 5.02 Å². The summed E-state index contributed by atoms with van der Waals surface area (Å²) < 4.78 is 0. The average molecular weight is 259 g/mol. The second-order valence-corrected chi connectivity index (χ2v) is 5.53. The number of halogens is 1. The van der Waals surface area contributed by atoms with Crippen molar-refractivity contribution in [3.8, 4) is 0 Å². The Morgan fingerprint density at radius 1 is 0.667 bits per heavy atom. The van der Waals surface area contributed by atoms with Crippen LogP contribution in [-0.2, 0) is 0 Å². The third kappa shape index (κ3) is 2.94. The van der Waals surface area contributed by atoms with E-state index in [0.29, 0.717) is 11.8 Å². The van der Waals surface area contributed by atoms with Gasteiger partial charge < -0.3 is 0 Å². The predicted octanol–water partition coefficient (Wildman–Crippen LogP) is 5.62. The smallest absolute Gasteiger partial charge is 0.0406 e. The third-order valence-corrected chi connectivity index (χ3v) is 3.73. The Morgan fingerprint density at radius 2 is 1.06 bits per heavy atom. The molecule has 0 N–H and O–H groups in total. The Morgan fingerprint density at radius 3 is 1.50 bits per heavy atom. The van der Waals surface area contributed by atoms with Gasteiger partial charge in [0.05, 0.1) is 0 Å². The zero-order valence-corrected chi connectivity index (χ0v) is 11.9. The monoisotopic (exact) mass is 258 g/mol. The molecule has 0 fully saturated rings. The molecule has 0 aliphatic heterocycles. The Balaban J connectivity index is 2.23. The molecule has 1 heteroatoms. The molecule has 94 valence electrons. The van der Waals surface area contributed by atoms with Crippen molar-refractivity contribution in [1.82, 2.24) is 0 Å². The van der Waals surface area contributed by atoms with Gasteiger partial charge in [0.25, 0.3) is 0 Å². The lowest BCUT2D eigenvalue weighted by molar-refractivity contribution is 0.859. The maximum Gasteiger partial charge on any atom is 0.0406 e. The van der Waals surface area contributed by atoms with Gasteiger partial charge in [0.2, 0.25) is 0 Å². The second kappa shape index (κ2) is 5.58. The van der Waals surface area contributed by atoms with Crippen molar-refractivity contribution < 1.29 is 0 Å². The van der Waals surface area contributed by atoms with Crippen LogP contribution in [0.5, 0.6) is 0 Å². The van der Waals surface area contributed by atoms with Crippen LogP contribution >= 0.6 is 11.6 Å². The summed E-state index contributed by atoms with van der Waals surface area (Å²) in [6, 6.07) is 17.0. The zero-order valence-electron chi connectivity index (χ0n) is 11.2. The van der Waals surface area contributed by atoms with Crippen LogP contribution in [0.25, 0.3) is 0 Å². The van der Waals surface area contributed by atoms with Crippen LogP contribution < -0.4 is 0 Å². The summed E-state index contributed by atoms with van der Waals surface area (Å²) in [4.78, 5) is 0. The molecule has 1 atom stereocenters. The van der Waals surface area contributed by atoms with Gasteiger partial charge in [-0.05, 0) is 34.7 Å². The highest BCUT2D eigenvalue weighted by Crippen LogP contribution is 2.26. The Bertz CT molecular complexity index is 494. The number of hydrogen-bond acceptors (Lipinski definition) is 0. The lowest BCUT2D eigenvalue weighted by Crippen LogP contribution is -1.96. The summed E-state index contributed by atoms with van der Waals surface area (Å²) in [5.41, 5.74) is 4.04. The summed E-state index contributed by atoms with van der Waals surface area (Å²) in [6.45, 7) is 6.67. The van der Waals surface area contributed by atoms with E-state index in [1.54, 1.807) is 0 Å². The minimum absolute atomic E-state index is 0.406. The molecule has 0 aliphatic rings. The van der Waals surface area contributed by atoms with Gasteiger partial charge in [-0.3, -0.25) is 0 Å². The quantitative estimate of drug-likeness (QED) is 0.671. The molecule has 0 heterocycles. The Kier molecular flexibility index (Phi) is 4.08. The van der Waals surface area contributed by atoms with Crippen LogP contribution in [0.15, 0.2) is 48.5 Å². The van der Waals surface area contributed by atoms with E-state index in [1.165, 1.54) is 16.7 Å². The van der Waals surface area contributed by atoms with Crippen molar-refractivity contribution in [2.45, 2.75) is 32.6 Å². The average Bonchev–Trinajstić information content (AvgIpc) is 2.39. The van der Waals surface area contributed by atoms with Crippen LogP contribution in [0.3, 0.4) is 0 Å². The molecule has 18 heavy (non-hydrogen) atoms. The fourth-order valence-electron chi connectivity index (χ4n) is 2.11. The van der Waals surface area contributed by atoms with Crippen molar-refractivity contribution >= 4 is 11.6 Å². The molecule has 2 aromatic rings. The molecule has 0 radical (unpaired) electrons. The molecule has 0 spiro atoms. The first-order valence-corrected chi connectivity index (χ1v) is 6.81. The van der Waals surface area contributed by atoms with Gasteiger partial charge >= 0.3 is 0 Å². The van der Waals surface area contributed by atoms with Gasteiger partial charge in [0.1, 0.15) is 0 Å². The number of benzene rings is 2. The highest BCUT2D eigenvalue weighted by atomic mass is 35.5. The summed E-state index contributed by atoms with van der Waals surface area (Å²) in [6.07, 6.45) is 0. The molecular weight excluding hydrogens is 240 g/mol. The van der Waals surface area contributed by atoms with Gasteiger partial charge in [-0.1, -0.05) is 68.8 Å². The van der Waals surface area contributed by atoms with Crippen molar-refractivity contribution in [2.75, 3.05) is 0 Å². The molecule has 2 rings (SSSR count). The van der Waals surface area contributed by atoms with E-state index in [1.807, 2.05) is 12.1 Å². The standard InChI is InChI=1S/C17H19Cl/c1-12(2)14-4-6-15(7-5-14)13(3)16-8-10-17(18)11-9-16/h4-13H,1-3H3. The number of rotatable bonds is 3. The lowest BCUT2D eigenvalue weighted by atomic mass is 9.91. The summed E-state index contributed by atoms with van der Waals surface area (Å²) in [5, 5.41) is 0.793. The van der Waals surface area contributed by atoms with E-state index in [9.17, 15) is 0 Å². The fourth-order valence-corrected chi connectivity index (χ4v) is 2.24. The maximum atomic E-state index is 5.92. The second-order valence-electron chi connectivity index (χ2n) is 5.09. The van der Waals surface area contributed by atoms with E-state index >= 15 is 0 Å². The topological polar surface area (TPSA) is 0 Å². The van der Waals surface area contributed by atoms with Gasteiger partial charge in [0.15, 0.2) is 0 Å². The van der Waals surface area contributed by atoms with Crippen LogP contribution in [0.1, 0.15) is 49.3 Å². The molecule has 2 aromatic carbocycles. The van der Waals surface area contributed by atoms with Gasteiger partial charge in [-0.25, -0.2) is 0 Å². The summed E-state index contributed by atoms with van der Waals surface area (Å²) in [7, 11) is 0. The molecule has 0 saturated carbocycles. The van der Waals surface area contributed by atoms with Gasteiger partial charge in [0, 0.05) is 10.9 Å². The molecule has 1 unspecified atom stereocenters. The molecule has 0 nitrogen and oxygen atoms in total. The number of hydrogen-bond donors (Lipinski definition) is 0. The van der Waals surface area contributed by atoms with Crippen molar-refractivity contribution in [1.29, 1.82) is 0 Å². The highest BCUT2D eigenvalue weighted by Gasteiger charge is 2.08. The SMILES string of the molecule is CC(C)c1ccc(C(C)c2ccc(Cl)cc2)cc1. The molecule has 0 amide bonds. The van der Waals surface area contributed by atoms with Crippen molar-refractivity contribution in [2.24, 2.45) is 0 Å². The molecule has 0 bridgehead atoms. The Hall–Kier alpha value is -1.27. The van der Waals surface area contributed by atoms with Crippen LogP contribution in [0.2, 0.25) is 5.02 Å². The zero-order chi connectivity index (χ0) is 13.1. The first kappa shape index (κ1) is 13.2. The molecule has 0 saturated heterocycles. The summed E-state index contributed by atoms with van der Waals surface area (Å²) in [5.74, 6) is 0.994. The van der Waals surface area contributed by atoms with Crippen molar-refractivity contribution in [3.05, 3.63) is 70.2 Å². The van der Waals surface area contributed by atoms with E-state index in [-0.39, 0.29) is 0 Å². The lowest BCUT2D eigenvalue weighted by Gasteiger charge is -2.14. The molecule has 0 aromatic heterocycles. The summed E-state index contributed by atoms with van der Waals surface area (Å²) >= 11 is 5.92. The first-order chi connectivity index (χ1) is 8.58. The molecular formula is C17H19Cl. The minimum Gasteiger partial charge on any atom is -0.0843 e. The van der Waals surface area contributed by atoms with Gasteiger partial charge in [-0.2, -0.15) is 0 Å². The minimum atomic E-state index is 0.406. The largest absolute Gasteiger partial charge is 0.0843 e.